The summed E-state index contributed by atoms with van der Waals surface area (Å²) in [5.74, 6) is 3.37. The van der Waals surface area contributed by atoms with Gasteiger partial charge in [-0.2, -0.15) is 0 Å². The molecular weight excluding hydrogens is 384 g/mol. The van der Waals surface area contributed by atoms with Crippen LogP contribution in [-0.2, 0) is 0 Å². The normalized spacial score (nSPS) is 49.4. The van der Waals surface area contributed by atoms with Gasteiger partial charge in [-0.3, -0.25) is 0 Å². The van der Waals surface area contributed by atoms with Gasteiger partial charge in [-0.25, -0.2) is 0 Å². The molecule has 0 amide bonds. The van der Waals surface area contributed by atoms with Gasteiger partial charge in [0.05, 0.1) is 6.10 Å². The smallest absolute Gasteiger partial charge is 0.102 e. The first kappa shape index (κ1) is 23.5. The van der Waals surface area contributed by atoms with Gasteiger partial charge >= 0.3 is 0 Å². The largest absolute Gasteiger partial charge is 0.393 e. The van der Waals surface area contributed by atoms with Gasteiger partial charge in [-0.1, -0.05) is 65.3 Å². The summed E-state index contributed by atoms with van der Waals surface area (Å²) in [4.78, 5) is 0. The molecule has 4 aliphatic carbocycles. The van der Waals surface area contributed by atoms with Crippen molar-refractivity contribution in [3.8, 4) is 0 Å². The molecule has 0 saturated heterocycles. The van der Waals surface area contributed by atoms with Crippen molar-refractivity contribution in [2.75, 3.05) is 0 Å². The van der Waals surface area contributed by atoms with E-state index in [1.165, 1.54) is 24.8 Å². The fourth-order valence-corrected chi connectivity index (χ4v) is 8.16. The molecule has 3 N–H and O–H groups in total. The van der Waals surface area contributed by atoms with Crippen LogP contribution in [0.5, 0.6) is 0 Å². The Morgan fingerprint density at radius 3 is 2.32 bits per heavy atom. The highest BCUT2D eigenvalue weighted by Crippen LogP contribution is 2.67. The van der Waals surface area contributed by atoms with E-state index in [1.54, 1.807) is 0 Å². The molecule has 10 atom stereocenters. The van der Waals surface area contributed by atoms with E-state index in [0.717, 1.165) is 19.3 Å². The predicted octanol–water partition coefficient (Wildman–Crippen LogP) is 5.50. The van der Waals surface area contributed by atoms with Crippen LogP contribution in [0.4, 0.5) is 0 Å². The molecule has 0 aromatic carbocycles. The number of aliphatic hydroxyl groups is 3. The summed E-state index contributed by atoms with van der Waals surface area (Å²) >= 11 is 0. The molecule has 0 spiro atoms. The van der Waals surface area contributed by atoms with Crippen LogP contribution in [0.25, 0.3) is 0 Å². The number of aliphatic hydroxyl groups excluding tert-OH is 2. The van der Waals surface area contributed by atoms with E-state index in [9.17, 15) is 15.3 Å². The van der Waals surface area contributed by atoms with Crippen molar-refractivity contribution < 1.29 is 15.3 Å². The molecule has 3 saturated carbocycles. The zero-order chi connectivity index (χ0) is 22.8. The minimum atomic E-state index is -1.20. The highest BCUT2D eigenvalue weighted by Gasteiger charge is 2.64. The van der Waals surface area contributed by atoms with E-state index in [2.05, 4.69) is 53.7 Å². The zero-order valence-corrected chi connectivity index (χ0v) is 20.6. The predicted molar refractivity (Wildman–Crippen MR) is 126 cm³/mol. The summed E-state index contributed by atoms with van der Waals surface area (Å²) in [6, 6.07) is 0. The van der Waals surface area contributed by atoms with Crippen LogP contribution >= 0.6 is 0 Å². The van der Waals surface area contributed by atoms with E-state index in [4.69, 9.17) is 0 Å². The highest BCUT2D eigenvalue weighted by atomic mass is 16.3. The third-order valence-electron chi connectivity index (χ3n) is 10.7. The number of fused-ring (bicyclic) bond motifs is 5. The topological polar surface area (TPSA) is 60.7 Å². The molecule has 0 radical (unpaired) electrons. The van der Waals surface area contributed by atoms with Crippen molar-refractivity contribution in [3.05, 3.63) is 23.8 Å². The minimum Gasteiger partial charge on any atom is -0.393 e. The molecule has 3 nitrogen and oxygen atoms in total. The lowest BCUT2D eigenvalue weighted by Gasteiger charge is -2.62. The average Bonchev–Trinajstić information content (AvgIpc) is 3.05. The lowest BCUT2D eigenvalue weighted by atomic mass is 9.45. The van der Waals surface area contributed by atoms with Crippen LogP contribution in [0.2, 0.25) is 0 Å². The van der Waals surface area contributed by atoms with Crippen molar-refractivity contribution in [1.29, 1.82) is 0 Å². The van der Waals surface area contributed by atoms with Gasteiger partial charge in [0, 0.05) is 11.8 Å². The van der Waals surface area contributed by atoms with E-state index in [-0.39, 0.29) is 10.8 Å². The summed E-state index contributed by atoms with van der Waals surface area (Å²) in [6.45, 7) is 14.0. The number of allylic oxidation sites excluding steroid dienone is 3. The third-order valence-corrected chi connectivity index (χ3v) is 10.7. The Balaban J connectivity index is 1.61. The maximum absolute atomic E-state index is 11.6. The van der Waals surface area contributed by atoms with E-state index >= 15 is 0 Å². The molecule has 0 aromatic rings. The summed E-state index contributed by atoms with van der Waals surface area (Å²) in [5.41, 5.74) is 0.160. The SMILES string of the molecule is CC(C)[C@@H](C)/C=C/[C@@H](C)[C@H]1CC[C@H]2C3=C[C@@H](O)[C@@]4(O)C[C@@H](O)CC[C@]4(C)C3CC[C@]12C. The molecule has 0 aliphatic heterocycles. The summed E-state index contributed by atoms with van der Waals surface area (Å²) in [7, 11) is 0. The molecule has 4 rings (SSSR count). The maximum atomic E-state index is 11.6. The van der Waals surface area contributed by atoms with Crippen molar-refractivity contribution >= 4 is 0 Å². The van der Waals surface area contributed by atoms with Crippen molar-refractivity contribution in [2.45, 2.75) is 104 Å². The first-order valence-corrected chi connectivity index (χ1v) is 12.9. The molecule has 176 valence electrons. The van der Waals surface area contributed by atoms with E-state index < -0.39 is 17.8 Å². The van der Waals surface area contributed by atoms with Gasteiger partial charge in [0.15, 0.2) is 0 Å². The second-order valence-electron chi connectivity index (χ2n) is 12.5. The van der Waals surface area contributed by atoms with E-state index in [0.29, 0.717) is 41.9 Å². The second kappa shape index (κ2) is 7.99. The molecule has 0 bridgehead atoms. The van der Waals surface area contributed by atoms with Crippen LogP contribution in [0.15, 0.2) is 23.8 Å². The summed E-state index contributed by atoms with van der Waals surface area (Å²) in [6.07, 6.45) is 12.1. The first-order valence-electron chi connectivity index (χ1n) is 12.9. The first-order chi connectivity index (χ1) is 14.4. The Bertz CT molecular complexity index is 741. The van der Waals surface area contributed by atoms with Gasteiger partial charge < -0.3 is 15.3 Å². The molecule has 3 heteroatoms. The summed E-state index contributed by atoms with van der Waals surface area (Å²) in [5, 5.41) is 32.9. The monoisotopic (exact) mass is 430 g/mol. The molecule has 3 fully saturated rings. The zero-order valence-electron chi connectivity index (χ0n) is 20.6. The number of hydrogen-bond acceptors (Lipinski definition) is 3. The molecule has 4 aliphatic rings. The van der Waals surface area contributed by atoms with Crippen LogP contribution in [0.1, 0.15) is 86.5 Å². The second-order valence-corrected chi connectivity index (χ2v) is 12.5. The number of hydrogen-bond donors (Lipinski definition) is 3. The van der Waals surface area contributed by atoms with Gasteiger partial charge in [-0.15, -0.1) is 0 Å². The molecular formula is C28H46O3. The maximum Gasteiger partial charge on any atom is 0.102 e. The third kappa shape index (κ3) is 3.49. The van der Waals surface area contributed by atoms with Gasteiger partial charge in [-0.05, 0) is 79.4 Å². The van der Waals surface area contributed by atoms with E-state index in [1.807, 2.05) is 6.08 Å². The van der Waals surface area contributed by atoms with Gasteiger partial charge in [0.1, 0.15) is 11.7 Å². The van der Waals surface area contributed by atoms with Gasteiger partial charge in [0.2, 0.25) is 0 Å². The molecule has 0 aromatic heterocycles. The van der Waals surface area contributed by atoms with Crippen molar-refractivity contribution in [2.24, 2.45) is 46.3 Å². The molecule has 0 heterocycles. The Hall–Kier alpha value is -0.640. The lowest BCUT2D eigenvalue weighted by Crippen LogP contribution is -2.65. The van der Waals surface area contributed by atoms with Crippen LogP contribution < -0.4 is 0 Å². The Labute approximate surface area is 190 Å². The Morgan fingerprint density at radius 1 is 0.935 bits per heavy atom. The minimum absolute atomic E-state index is 0.271. The van der Waals surface area contributed by atoms with Crippen LogP contribution in [-0.4, -0.2) is 33.1 Å². The molecule has 1 unspecified atom stereocenters. The average molecular weight is 431 g/mol. The van der Waals surface area contributed by atoms with Crippen LogP contribution in [0, 0.1) is 46.3 Å². The fourth-order valence-electron chi connectivity index (χ4n) is 8.16. The molecule has 31 heavy (non-hydrogen) atoms. The van der Waals surface area contributed by atoms with Crippen LogP contribution in [0.3, 0.4) is 0 Å². The Morgan fingerprint density at radius 2 is 1.65 bits per heavy atom. The number of rotatable bonds is 4. The Kier molecular flexibility index (Phi) is 6.06. The fraction of sp³-hybridized carbons (Fsp3) is 0.857. The summed E-state index contributed by atoms with van der Waals surface area (Å²) < 4.78 is 0. The lowest BCUT2D eigenvalue weighted by molar-refractivity contribution is -0.210. The standard InChI is InChI=1S/C28H46O3/c1-17(2)18(3)7-8-19(4)22-9-10-23-21-15-25(30)28(31)16-20(29)11-14-27(28,6)24(21)12-13-26(22,23)5/h7-8,15,17-20,22-25,29-31H,9-14,16H2,1-6H3/b8-7+/t18-,19+,20-,22+,23-,24?,25+,26+,27+,28-/m0/s1. The quantitative estimate of drug-likeness (QED) is 0.516. The van der Waals surface area contributed by atoms with Crippen molar-refractivity contribution in [3.63, 3.8) is 0 Å². The van der Waals surface area contributed by atoms with Gasteiger partial charge in [0.25, 0.3) is 0 Å². The highest BCUT2D eigenvalue weighted by molar-refractivity contribution is 5.33. The van der Waals surface area contributed by atoms with Crippen molar-refractivity contribution in [1.82, 2.24) is 0 Å².